The number of rotatable bonds is 11. The maximum absolute atomic E-state index is 13.1. The maximum atomic E-state index is 13.1. The summed E-state index contributed by atoms with van der Waals surface area (Å²) in [7, 11) is 0. The number of aliphatic hydroxyl groups is 1. The highest BCUT2D eigenvalue weighted by molar-refractivity contribution is 5.97. The van der Waals surface area contributed by atoms with Crippen molar-refractivity contribution in [2.45, 2.75) is 52.4 Å². The van der Waals surface area contributed by atoms with Gasteiger partial charge in [0.05, 0.1) is 6.10 Å². The third-order valence-corrected chi connectivity index (χ3v) is 5.54. The molecule has 0 spiro atoms. The van der Waals surface area contributed by atoms with Crippen LogP contribution in [-0.2, 0) is 16.1 Å². The van der Waals surface area contributed by atoms with Gasteiger partial charge < -0.3 is 30.3 Å². The lowest BCUT2D eigenvalue weighted by atomic mass is 10.1. The lowest BCUT2D eigenvalue weighted by Gasteiger charge is -2.24. The third-order valence-electron chi connectivity index (χ3n) is 5.54. The van der Waals surface area contributed by atoms with Crippen LogP contribution in [0.25, 0.3) is 0 Å². The van der Waals surface area contributed by atoms with E-state index in [1.807, 2.05) is 56.3 Å². The van der Waals surface area contributed by atoms with Gasteiger partial charge in [0.25, 0.3) is 5.91 Å². The molecule has 0 saturated heterocycles. The van der Waals surface area contributed by atoms with Gasteiger partial charge in [-0.2, -0.15) is 0 Å². The molecule has 1 heterocycles. The normalized spacial score (nSPS) is 13.2. The molecule has 196 valence electrons. The van der Waals surface area contributed by atoms with E-state index in [2.05, 4.69) is 21.1 Å². The summed E-state index contributed by atoms with van der Waals surface area (Å²) in [6.45, 7) is 6.94. The lowest BCUT2D eigenvalue weighted by molar-refractivity contribution is -0.132. The van der Waals surface area contributed by atoms with Crippen LogP contribution >= 0.6 is 0 Å². The molecule has 0 fully saturated rings. The smallest absolute Gasteiger partial charge is 0.274 e. The van der Waals surface area contributed by atoms with Crippen LogP contribution in [0.4, 0.5) is 0 Å². The first-order valence-corrected chi connectivity index (χ1v) is 11.9. The Bertz CT molecular complexity index is 1220. The van der Waals surface area contributed by atoms with E-state index in [0.717, 1.165) is 16.7 Å². The van der Waals surface area contributed by atoms with Crippen LogP contribution in [0.3, 0.4) is 0 Å². The second kappa shape index (κ2) is 12.7. The van der Waals surface area contributed by atoms with Crippen molar-refractivity contribution in [3.8, 4) is 5.75 Å². The molecule has 0 unspecified atom stereocenters. The van der Waals surface area contributed by atoms with E-state index in [1.165, 1.54) is 13.0 Å². The predicted molar refractivity (Wildman–Crippen MR) is 136 cm³/mol. The number of aromatic nitrogens is 1. The molecule has 37 heavy (non-hydrogen) atoms. The van der Waals surface area contributed by atoms with Crippen molar-refractivity contribution in [3.05, 3.63) is 82.7 Å². The molecule has 1 aromatic heterocycles. The molecule has 0 aliphatic carbocycles. The number of nitrogens with zero attached hydrogens (tertiary/aromatic N) is 1. The van der Waals surface area contributed by atoms with Crippen molar-refractivity contribution in [1.29, 1.82) is 0 Å². The van der Waals surface area contributed by atoms with Crippen molar-refractivity contribution in [1.82, 2.24) is 21.1 Å². The van der Waals surface area contributed by atoms with E-state index < -0.39 is 35.9 Å². The lowest BCUT2D eigenvalue weighted by Crippen LogP contribution is -2.58. The topological polar surface area (TPSA) is 143 Å². The van der Waals surface area contributed by atoms with Crippen LogP contribution in [0.5, 0.6) is 5.75 Å². The fourth-order valence-electron chi connectivity index (χ4n) is 3.44. The van der Waals surface area contributed by atoms with Crippen LogP contribution in [0.1, 0.15) is 39.9 Å². The molecule has 0 aliphatic rings. The third kappa shape index (κ3) is 8.18. The van der Waals surface area contributed by atoms with E-state index in [9.17, 15) is 19.5 Å². The summed E-state index contributed by atoms with van der Waals surface area (Å²) in [4.78, 5) is 38.6. The number of hydrogen-bond donors (Lipinski definition) is 4. The Hall–Kier alpha value is -4.18. The first-order valence-electron chi connectivity index (χ1n) is 11.9. The highest BCUT2D eigenvalue weighted by atomic mass is 16.5. The quantitative estimate of drug-likeness (QED) is 0.310. The number of ether oxygens (including phenoxy) is 1. The molecule has 0 saturated carbocycles. The van der Waals surface area contributed by atoms with Gasteiger partial charge in [0.15, 0.2) is 5.69 Å². The van der Waals surface area contributed by atoms with Crippen LogP contribution in [-0.4, -0.2) is 52.8 Å². The molecule has 3 aromatic rings. The minimum Gasteiger partial charge on any atom is -0.491 e. The van der Waals surface area contributed by atoms with Gasteiger partial charge in [-0.05, 0) is 51.0 Å². The van der Waals surface area contributed by atoms with Crippen LogP contribution in [0, 0.1) is 20.8 Å². The molecular weight excluding hydrogens is 476 g/mol. The number of aliphatic hydroxyl groups excluding tert-OH is 1. The molecule has 3 rings (SSSR count). The van der Waals surface area contributed by atoms with Crippen molar-refractivity contribution in [3.63, 3.8) is 0 Å². The molecule has 3 atom stereocenters. The standard InChI is InChI=1S/C27H32N4O6/c1-16-8-10-20(11-9-16)14-28-25(33)23(15-36-21-7-5-6-17(2)12-21)29-27(35)24(19(4)32)30-26(34)22-13-18(3)37-31-22/h5-13,19,23-24,32H,14-15H2,1-4H3,(H,28,33)(H,29,35)(H,30,34)/t19-,23+,24+/m1/s1. The molecular formula is C27H32N4O6. The first kappa shape index (κ1) is 27.4. The van der Waals surface area contributed by atoms with Gasteiger partial charge in [-0.3, -0.25) is 14.4 Å². The maximum Gasteiger partial charge on any atom is 0.274 e. The number of benzene rings is 2. The molecule has 10 heteroatoms. The van der Waals surface area contributed by atoms with Gasteiger partial charge in [0.2, 0.25) is 11.8 Å². The molecule has 4 N–H and O–H groups in total. The Kier molecular flexibility index (Phi) is 9.39. The van der Waals surface area contributed by atoms with E-state index in [4.69, 9.17) is 9.26 Å². The van der Waals surface area contributed by atoms with Gasteiger partial charge in [0, 0.05) is 12.6 Å². The average Bonchev–Trinajstić information content (AvgIpc) is 3.30. The minimum absolute atomic E-state index is 0.0360. The summed E-state index contributed by atoms with van der Waals surface area (Å²) < 4.78 is 10.7. The zero-order valence-corrected chi connectivity index (χ0v) is 21.3. The van der Waals surface area contributed by atoms with Crippen molar-refractivity contribution >= 4 is 17.7 Å². The summed E-state index contributed by atoms with van der Waals surface area (Å²) in [5.41, 5.74) is 2.92. The first-order chi connectivity index (χ1) is 17.6. The van der Waals surface area contributed by atoms with Crippen LogP contribution < -0.4 is 20.7 Å². The Balaban J connectivity index is 1.71. The van der Waals surface area contributed by atoms with Crippen LogP contribution in [0.2, 0.25) is 0 Å². The Labute approximate surface area is 215 Å². The van der Waals surface area contributed by atoms with E-state index in [1.54, 1.807) is 13.0 Å². The van der Waals surface area contributed by atoms with E-state index >= 15 is 0 Å². The monoisotopic (exact) mass is 508 g/mol. The van der Waals surface area contributed by atoms with Crippen molar-refractivity contribution < 1.29 is 28.8 Å². The molecule has 10 nitrogen and oxygen atoms in total. The molecule has 3 amide bonds. The highest BCUT2D eigenvalue weighted by Gasteiger charge is 2.31. The molecule has 0 radical (unpaired) electrons. The largest absolute Gasteiger partial charge is 0.491 e. The average molecular weight is 509 g/mol. The summed E-state index contributed by atoms with van der Waals surface area (Å²) in [5.74, 6) is -0.986. The molecule has 0 bridgehead atoms. The summed E-state index contributed by atoms with van der Waals surface area (Å²) in [5, 5.41) is 21.7. The van der Waals surface area contributed by atoms with Gasteiger partial charge in [0.1, 0.15) is 30.2 Å². The zero-order valence-electron chi connectivity index (χ0n) is 21.3. The Morgan fingerprint density at radius 1 is 0.973 bits per heavy atom. The van der Waals surface area contributed by atoms with Crippen molar-refractivity contribution in [2.24, 2.45) is 0 Å². The Morgan fingerprint density at radius 2 is 1.70 bits per heavy atom. The van der Waals surface area contributed by atoms with Gasteiger partial charge in [-0.1, -0.05) is 47.1 Å². The van der Waals surface area contributed by atoms with Gasteiger partial charge in [-0.15, -0.1) is 0 Å². The molecule has 2 aromatic carbocycles. The summed E-state index contributed by atoms with van der Waals surface area (Å²) in [6.07, 6.45) is -1.26. The number of carbonyl (C=O) groups excluding carboxylic acids is 3. The van der Waals surface area contributed by atoms with Crippen molar-refractivity contribution in [2.75, 3.05) is 6.61 Å². The summed E-state index contributed by atoms with van der Waals surface area (Å²) >= 11 is 0. The number of nitrogens with one attached hydrogen (secondary N) is 3. The van der Waals surface area contributed by atoms with Gasteiger partial charge >= 0.3 is 0 Å². The van der Waals surface area contributed by atoms with E-state index in [0.29, 0.717) is 11.5 Å². The van der Waals surface area contributed by atoms with Gasteiger partial charge in [-0.25, -0.2) is 0 Å². The minimum atomic E-state index is -1.35. The summed E-state index contributed by atoms with van der Waals surface area (Å²) in [6, 6.07) is 13.9. The fraction of sp³-hybridized carbons (Fsp3) is 0.333. The second-order valence-corrected chi connectivity index (χ2v) is 8.91. The number of hydrogen-bond acceptors (Lipinski definition) is 7. The molecule has 0 aliphatic heterocycles. The number of carbonyl (C=O) groups is 3. The predicted octanol–water partition coefficient (Wildman–Crippen LogP) is 1.96. The SMILES string of the molecule is Cc1ccc(CNC(=O)[C@H](COc2cccc(C)c2)NC(=O)[C@@H](NC(=O)c2cc(C)on2)[C@@H](C)O)cc1. The highest BCUT2D eigenvalue weighted by Crippen LogP contribution is 2.13. The second-order valence-electron chi connectivity index (χ2n) is 8.91. The van der Waals surface area contributed by atoms with E-state index in [-0.39, 0.29) is 18.8 Å². The zero-order chi connectivity index (χ0) is 26.9. The fourth-order valence-corrected chi connectivity index (χ4v) is 3.44. The number of aryl methyl sites for hydroxylation is 3. The Morgan fingerprint density at radius 3 is 2.32 bits per heavy atom. The number of amides is 3. The van der Waals surface area contributed by atoms with Crippen LogP contribution in [0.15, 0.2) is 59.1 Å².